The van der Waals surface area contributed by atoms with Crippen molar-refractivity contribution in [3.05, 3.63) is 53.4 Å². The molecule has 2 heterocycles. The Morgan fingerprint density at radius 3 is 2.75 bits per heavy atom. The van der Waals surface area contributed by atoms with E-state index in [2.05, 4.69) is 48.3 Å². The number of carbonyl (C=O) groups excluding carboxylic acids is 1. The van der Waals surface area contributed by atoms with E-state index in [4.69, 9.17) is 4.52 Å². The summed E-state index contributed by atoms with van der Waals surface area (Å²) in [5.41, 5.74) is 3.38. The van der Waals surface area contributed by atoms with Gasteiger partial charge in [0.25, 0.3) is 0 Å². The summed E-state index contributed by atoms with van der Waals surface area (Å²) in [4.78, 5) is 16.7. The maximum absolute atomic E-state index is 12.5. The highest BCUT2D eigenvalue weighted by Gasteiger charge is 2.25. The number of amides is 1. The van der Waals surface area contributed by atoms with E-state index in [1.165, 1.54) is 11.1 Å². The van der Waals surface area contributed by atoms with E-state index in [1.54, 1.807) is 6.26 Å². The molecule has 0 bridgehead atoms. The smallest absolute Gasteiger partial charge is 0.222 e. The van der Waals surface area contributed by atoms with Crippen LogP contribution >= 0.6 is 0 Å². The van der Waals surface area contributed by atoms with Crippen LogP contribution in [0.15, 0.2) is 41.1 Å². The lowest BCUT2D eigenvalue weighted by molar-refractivity contribution is -0.131. The zero-order valence-corrected chi connectivity index (χ0v) is 14.4. The Morgan fingerprint density at radius 2 is 2.04 bits per heavy atom. The van der Waals surface area contributed by atoms with Crippen LogP contribution in [-0.4, -0.2) is 40.5 Å². The fraction of sp³-hybridized carbons (Fsp3) is 0.474. The molecule has 24 heavy (non-hydrogen) atoms. The first-order chi connectivity index (χ1) is 11.6. The van der Waals surface area contributed by atoms with Crippen molar-refractivity contribution in [2.75, 3.05) is 13.6 Å². The lowest BCUT2D eigenvalue weighted by Gasteiger charge is -2.26. The van der Waals surface area contributed by atoms with Gasteiger partial charge in [0.2, 0.25) is 5.91 Å². The second-order valence-corrected chi connectivity index (χ2v) is 6.69. The molecule has 0 aliphatic carbocycles. The number of aryl methyl sites for hydroxylation is 1. The molecule has 1 aliphatic heterocycles. The van der Waals surface area contributed by atoms with Crippen LogP contribution in [0.1, 0.15) is 36.1 Å². The monoisotopic (exact) mass is 327 g/mol. The number of likely N-dealkylation sites (tertiary alicyclic amines) is 1. The third-order valence-electron chi connectivity index (χ3n) is 4.80. The fourth-order valence-electron chi connectivity index (χ4n) is 3.25. The zero-order chi connectivity index (χ0) is 16.9. The number of rotatable bonds is 5. The summed E-state index contributed by atoms with van der Waals surface area (Å²) in [6.07, 6.45) is 4.10. The Kier molecular flexibility index (Phi) is 5.30. The van der Waals surface area contributed by atoms with Crippen LogP contribution in [0.2, 0.25) is 0 Å². The normalized spacial score (nSPS) is 18.9. The van der Waals surface area contributed by atoms with Crippen molar-refractivity contribution in [3.8, 4) is 0 Å². The van der Waals surface area contributed by atoms with E-state index < -0.39 is 0 Å². The summed E-state index contributed by atoms with van der Waals surface area (Å²) in [5, 5.41) is 3.97. The molecule has 0 saturated carbocycles. The first-order valence-electron chi connectivity index (χ1n) is 8.54. The molecule has 5 heteroatoms. The average Bonchev–Trinajstić information content (AvgIpc) is 3.01. The number of carbonyl (C=O) groups is 1. The Balaban J connectivity index is 1.58. The molecule has 0 unspecified atom stereocenters. The fourth-order valence-corrected chi connectivity index (χ4v) is 3.25. The Labute approximate surface area is 143 Å². The topological polar surface area (TPSA) is 49.6 Å². The van der Waals surface area contributed by atoms with Gasteiger partial charge in [-0.25, -0.2) is 0 Å². The van der Waals surface area contributed by atoms with E-state index in [0.717, 1.165) is 31.6 Å². The predicted octanol–water partition coefficient (Wildman–Crippen LogP) is 3.00. The highest BCUT2D eigenvalue weighted by Crippen LogP contribution is 2.20. The van der Waals surface area contributed by atoms with E-state index in [9.17, 15) is 4.79 Å². The number of aromatic nitrogens is 1. The maximum atomic E-state index is 12.5. The molecule has 1 aromatic heterocycles. The van der Waals surface area contributed by atoms with Gasteiger partial charge < -0.3 is 9.42 Å². The third kappa shape index (κ3) is 4.23. The quantitative estimate of drug-likeness (QED) is 0.847. The summed E-state index contributed by atoms with van der Waals surface area (Å²) < 4.78 is 4.90. The van der Waals surface area contributed by atoms with Gasteiger partial charge >= 0.3 is 0 Å². The summed E-state index contributed by atoms with van der Waals surface area (Å²) in [6.45, 7) is 4.35. The molecule has 0 N–H and O–H groups in total. The van der Waals surface area contributed by atoms with Crippen molar-refractivity contribution in [3.63, 3.8) is 0 Å². The number of hydrogen-bond acceptors (Lipinski definition) is 4. The number of nitrogens with zero attached hydrogens (tertiary/aromatic N) is 3. The number of benzene rings is 1. The standard InChI is InChI=1S/C19H25N3O2/c1-15-3-5-16(6-4-15)13-22-11-9-18(7-8-19(22)23)21(2)14-17-10-12-24-20-17/h3-6,10,12,18H,7-9,11,13-14H2,1-2H3/t18-/m0/s1. The van der Waals surface area contributed by atoms with Gasteiger partial charge in [-0.2, -0.15) is 0 Å². The summed E-state index contributed by atoms with van der Waals surface area (Å²) in [6, 6.07) is 10.7. The summed E-state index contributed by atoms with van der Waals surface area (Å²) in [5.74, 6) is 0.257. The Morgan fingerprint density at radius 1 is 1.25 bits per heavy atom. The molecule has 0 radical (unpaired) electrons. The molecule has 0 spiro atoms. The zero-order valence-electron chi connectivity index (χ0n) is 14.4. The lowest BCUT2D eigenvalue weighted by Crippen LogP contribution is -2.33. The maximum Gasteiger partial charge on any atom is 0.222 e. The minimum absolute atomic E-state index is 0.257. The molecule has 1 fully saturated rings. The summed E-state index contributed by atoms with van der Waals surface area (Å²) >= 11 is 0. The van der Waals surface area contributed by atoms with Crippen molar-refractivity contribution >= 4 is 5.91 Å². The molecule has 1 aliphatic rings. The van der Waals surface area contributed by atoms with Gasteiger partial charge in [-0.05, 0) is 32.4 Å². The molecular weight excluding hydrogens is 302 g/mol. The van der Waals surface area contributed by atoms with E-state index in [1.807, 2.05) is 11.0 Å². The number of hydrogen-bond donors (Lipinski definition) is 0. The van der Waals surface area contributed by atoms with Gasteiger partial charge in [0, 0.05) is 38.2 Å². The van der Waals surface area contributed by atoms with Crippen LogP contribution in [-0.2, 0) is 17.9 Å². The van der Waals surface area contributed by atoms with Crippen molar-refractivity contribution in [1.29, 1.82) is 0 Å². The first-order valence-corrected chi connectivity index (χ1v) is 8.54. The molecule has 1 aromatic carbocycles. The van der Waals surface area contributed by atoms with Crippen molar-refractivity contribution in [1.82, 2.24) is 15.0 Å². The highest BCUT2D eigenvalue weighted by atomic mass is 16.5. The van der Waals surface area contributed by atoms with Gasteiger partial charge in [-0.15, -0.1) is 0 Å². The SMILES string of the molecule is Cc1ccc(CN2CC[C@@H](N(C)Cc3ccon3)CCC2=O)cc1. The van der Waals surface area contributed by atoms with E-state index in [-0.39, 0.29) is 5.91 Å². The van der Waals surface area contributed by atoms with Crippen molar-refractivity contribution in [2.24, 2.45) is 0 Å². The van der Waals surface area contributed by atoms with Crippen molar-refractivity contribution < 1.29 is 9.32 Å². The molecule has 128 valence electrons. The van der Waals surface area contributed by atoms with E-state index >= 15 is 0 Å². The van der Waals surface area contributed by atoms with Crippen molar-refractivity contribution in [2.45, 2.75) is 45.3 Å². The van der Waals surface area contributed by atoms with Crippen LogP contribution in [0, 0.1) is 6.92 Å². The Bertz CT molecular complexity index is 652. The van der Waals surface area contributed by atoms with Gasteiger partial charge in [-0.3, -0.25) is 9.69 Å². The van der Waals surface area contributed by atoms with Crippen LogP contribution in [0.5, 0.6) is 0 Å². The van der Waals surface area contributed by atoms with Crippen LogP contribution in [0.25, 0.3) is 0 Å². The highest BCUT2D eigenvalue weighted by molar-refractivity contribution is 5.76. The van der Waals surface area contributed by atoms with E-state index in [0.29, 0.717) is 19.0 Å². The van der Waals surface area contributed by atoms with Gasteiger partial charge in [0.05, 0.1) is 5.69 Å². The van der Waals surface area contributed by atoms with Gasteiger partial charge in [-0.1, -0.05) is 35.0 Å². The van der Waals surface area contributed by atoms with Crippen LogP contribution in [0.4, 0.5) is 0 Å². The molecule has 1 atom stereocenters. The first kappa shape index (κ1) is 16.7. The lowest BCUT2D eigenvalue weighted by atomic mass is 10.1. The minimum atomic E-state index is 0.257. The second kappa shape index (κ2) is 7.62. The molecule has 3 rings (SSSR count). The predicted molar refractivity (Wildman–Crippen MR) is 92.2 cm³/mol. The second-order valence-electron chi connectivity index (χ2n) is 6.69. The third-order valence-corrected chi connectivity index (χ3v) is 4.80. The largest absolute Gasteiger partial charge is 0.364 e. The van der Waals surface area contributed by atoms with Gasteiger partial charge in [0.1, 0.15) is 6.26 Å². The van der Waals surface area contributed by atoms with Gasteiger partial charge in [0.15, 0.2) is 0 Å². The molecular formula is C19H25N3O2. The van der Waals surface area contributed by atoms with Crippen LogP contribution in [0.3, 0.4) is 0 Å². The minimum Gasteiger partial charge on any atom is -0.364 e. The molecule has 2 aromatic rings. The average molecular weight is 327 g/mol. The molecule has 5 nitrogen and oxygen atoms in total. The summed E-state index contributed by atoms with van der Waals surface area (Å²) in [7, 11) is 2.10. The van der Waals surface area contributed by atoms with Crippen LogP contribution < -0.4 is 0 Å². The Hall–Kier alpha value is -2.14. The molecule has 1 amide bonds. The molecule has 1 saturated heterocycles.